The molecule has 1 saturated carbocycles. The fourth-order valence-corrected chi connectivity index (χ4v) is 3.64. The molecule has 3 unspecified atom stereocenters. The van der Waals surface area contributed by atoms with Crippen LogP contribution in [-0.2, 0) is 0 Å². The van der Waals surface area contributed by atoms with Crippen LogP contribution in [0.15, 0.2) is 16.6 Å². The first-order chi connectivity index (χ1) is 8.38. The van der Waals surface area contributed by atoms with Crippen molar-refractivity contribution < 1.29 is 13.5 Å². The van der Waals surface area contributed by atoms with E-state index in [2.05, 4.69) is 45.7 Å². The molecule has 3 atom stereocenters. The number of alkyl halides is 1. The lowest BCUT2D eigenvalue weighted by Gasteiger charge is -2.50. The maximum absolute atomic E-state index is 13.7. The number of rotatable bonds is 3. The van der Waals surface area contributed by atoms with Crippen LogP contribution in [0.3, 0.4) is 0 Å². The third-order valence-electron chi connectivity index (χ3n) is 3.86. The molecule has 1 aliphatic carbocycles. The summed E-state index contributed by atoms with van der Waals surface area (Å²) >= 11 is 6.74. The van der Waals surface area contributed by atoms with Crippen molar-refractivity contribution in [3.8, 4) is 5.75 Å². The number of hydrogen-bond acceptors (Lipinski definition) is 1. The fourth-order valence-electron chi connectivity index (χ4n) is 2.18. The van der Waals surface area contributed by atoms with E-state index in [1.165, 1.54) is 6.07 Å². The van der Waals surface area contributed by atoms with Gasteiger partial charge in [-0.15, -0.1) is 0 Å². The van der Waals surface area contributed by atoms with E-state index in [0.29, 0.717) is 9.30 Å². The summed E-state index contributed by atoms with van der Waals surface area (Å²) in [5.74, 6) is -1.18. The van der Waals surface area contributed by atoms with Crippen LogP contribution in [0.1, 0.15) is 26.7 Å². The molecule has 0 radical (unpaired) electrons. The molecule has 18 heavy (non-hydrogen) atoms. The number of ether oxygens (including phenoxy) is 1. The first-order valence-corrected chi connectivity index (χ1v) is 7.54. The molecule has 0 spiro atoms. The summed E-state index contributed by atoms with van der Waals surface area (Å²) in [5.41, 5.74) is -0.0136. The van der Waals surface area contributed by atoms with Crippen molar-refractivity contribution in [1.82, 2.24) is 0 Å². The Bertz CT molecular complexity index is 443. The Morgan fingerprint density at radius 3 is 2.61 bits per heavy atom. The molecule has 2 rings (SSSR count). The van der Waals surface area contributed by atoms with Gasteiger partial charge in [-0.25, -0.2) is 8.78 Å². The van der Waals surface area contributed by atoms with Gasteiger partial charge in [0.15, 0.2) is 11.6 Å². The molecule has 0 aromatic heterocycles. The van der Waals surface area contributed by atoms with Crippen LogP contribution in [0.5, 0.6) is 5.75 Å². The average Bonchev–Trinajstić information content (AvgIpc) is 2.30. The molecule has 0 N–H and O–H groups in total. The Hall–Kier alpha value is -0.160. The van der Waals surface area contributed by atoms with Crippen LogP contribution in [0.4, 0.5) is 8.78 Å². The van der Waals surface area contributed by atoms with E-state index in [9.17, 15) is 8.78 Å². The largest absolute Gasteiger partial charge is 0.486 e. The highest BCUT2D eigenvalue weighted by Gasteiger charge is 2.51. The summed E-state index contributed by atoms with van der Waals surface area (Å²) in [6.45, 7) is 4.19. The predicted molar refractivity (Wildman–Crippen MR) is 74.2 cm³/mol. The minimum Gasteiger partial charge on any atom is -0.486 e. The Balaban J connectivity index is 2.21. The molecule has 0 bridgehead atoms. The van der Waals surface area contributed by atoms with Crippen molar-refractivity contribution in [1.29, 1.82) is 0 Å². The second-order valence-corrected chi connectivity index (χ2v) is 6.83. The highest BCUT2D eigenvalue weighted by molar-refractivity contribution is 9.10. The van der Waals surface area contributed by atoms with Crippen LogP contribution >= 0.6 is 31.9 Å². The summed E-state index contributed by atoms with van der Waals surface area (Å²) in [6, 6.07) is 2.06. The van der Waals surface area contributed by atoms with Gasteiger partial charge in [0.2, 0.25) is 0 Å². The zero-order chi connectivity index (χ0) is 13.5. The molecular weight excluding hydrogens is 370 g/mol. The Labute approximate surface area is 122 Å². The van der Waals surface area contributed by atoms with Crippen LogP contribution in [-0.4, -0.2) is 10.9 Å². The normalized spacial score (nSPS) is 31.0. The van der Waals surface area contributed by atoms with Gasteiger partial charge in [-0.2, -0.15) is 0 Å². The summed E-state index contributed by atoms with van der Waals surface area (Å²) in [6.07, 6.45) is 1.71. The number of benzene rings is 1. The summed E-state index contributed by atoms with van der Waals surface area (Å²) in [7, 11) is 0. The third kappa shape index (κ3) is 2.31. The van der Waals surface area contributed by atoms with E-state index in [4.69, 9.17) is 4.74 Å². The van der Waals surface area contributed by atoms with Crippen LogP contribution in [0, 0.1) is 17.0 Å². The van der Waals surface area contributed by atoms with Gasteiger partial charge in [0.05, 0.1) is 4.47 Å². The maximum Gasteiger partial charge on any atom is 0.169 e. The molecule has 1 fully saturated rings. The van der Waals surface area contributed by atoms with Gasteiger partial charge in [0.1, 0.15) is 11.9 Å². The Morgan fingerprint density at radius 1 is 1.44 bits per heavy atom. The monoisotopic (exact) mass is 382 g/mol. The molecule has 0 saturated heterocycles. The highest BCUT2D eigenvalue weighted by Crippen LogP contribution is 2.50. The average molecular weight is 384 g/mol. The minimum absolute atomic E-state index is 0.0136. The third-order valence-corrected chi connectivity index (χ3v) is 5.87. The molecule has 0 heterocycles. The van der Waals surface area contributed by atoms with E-state index in [1.54, 1.807) is 0 Å². The second-order valence-electron chi connectivity index (χ2n) is 4.87. The lowest BCUT2D eigenvalue weighted by atomic mass is 9.65. The zero-order valence-electron chi connectivity index (χ0n) is 10.1. The molecule has 5 heteroatoms. The van der Waals surface area contributed by atoms with Gasteiger partial charge in [-0.1, -0.05) is 29.8 Å². The van der Waals surface area contributed by atoms with Crippen molar-refractivity contribution >= 4 is 31.9 Å². The smallest absolute Gasteiger partial charge is 0.169 e. The van der Waals surface area contributed by atoms with E-state index in [0.717, 1.165) is 18.9 Å². The second kappa shape index (κ2) is 5.08. The lowest BCUT2D eigenvalue weighted by molar-refractivity contribution is -0.0269. The van der Waals surface area contributed by atoms with Crippen LogP contribution < -0.4 is 4.74 Å². The van der Waals surface area contributed by atoms with Gasteiger partial charge in [0, 0.05) is 16.3 Å². The summed E-state index contributed by atoms with van der Waals surface area (Å²) < 4.78 is 32.7. The van der Waals surface area contributed by atoms with Gasteiger partial charge in [0.25, 0.3) is 0 Å². The molecule has 1 nitrogen and oxygen atoms in total. The van der Waals surface area contributed by atoms with E-state index in [-0.39, 0.29) is 17.3 Å². The molecular formula is C13H14Br2F2O. The molecule has 0 amide bonds. The van der Waals surface area contributed by atoms with Crippen molar-refractivity contribution in [2.45, 2.75) is 37.6 Å². The quantitative estimate of drug-likeness (QED) is 0.663. The van der Waals surface area contributed by atoms with E-state index >= 15 is 0 Å². The summed E-state index contributed by atoms with van der Waals surface area (Å²) in [5, 5.41) is 0. The minimum atomic E-state index is -0.668. The molecule has 1 aromatic carbocycles. The van der Waals surface area contributed by atoms with Crippen LogP contribution in [0.25, 0.3) is 0 Å². The van der Waals surface area contributed by atoms with Crippen LogP contribution in [0.2, 0.25) is 0 Å². The van der Waals surface area contributed by atoms with Gasteiger partial charge in [-0.05, 0) is 34.8 Å². The van der Waals surface area contributed by atoms with Gasteiger partial charge < -0.3 is 4.74 Å². The Kier molecular flexibility index (Phi) is 4.02. The first kappa shape index (κ1) is 14.3. The van der Waals surface area contributed by atoms with Gasteiger partial charge >= 0.3 is 0 Å². The molecule has 1 aliphatic rings. The van der Waals surface area contributed by atoms with Gasteiger partial charge in [-0.3, -0.25) is 0 Å². The topological polar surface area (TPSA) is 9.23 Å². The van der Waals surface area contributed by atoms with Crippen molar-refractivity contribution in [3.05, 3.63) is 28.2 Å². The summed E-state index contributed by atoms with van der Waals surface area (Å²) in [4.78, 5) is 0.377. The van der Waals surface area contributed by atoms with E-state index < -0.39 is 11.6 Å². The first-order valence-electron chi connectivity index (χ1n) is 5.83. The standard InChI is InChI=1S/C13H14Br2F2O/c1-3-13(2)10(15)6-11(13)18-12-8(14)4-7(16)5-9(12)17/h4-5,10-11H,3,6H2,1-2H3. The maximum atomic E-state index is 13.7. The molecule has 100 valence electrons. The number of hydrogen-bond donors (Lipinski definition) is 0. The van der Waals surface area contributed by atoms with Crippen molar-refractivity contribution in [2.24, 2.45) is 5.41 Å². The molecule has 1 aromatic rings. The fraction of sp³-hybridized carbons (Fsp3) is 0.538. The molecule has 0 aliphatic heterocycles. The zero-order valence-corrected chi connectivity index (χ0v) is 13.3. The SMILES string of the molecule is CCC1(C)C(Br)CC1Oc1c(F)cc(F)cc1Br. The van der Waals surface area contributed by atoms with Crippen molar-refractivity contribution in [3.63, 3.8) is 0 Å². The highest BCUT2D eigenvalue weighted by atomic mass is 79.9. The predicted octanol–water partition coefficient (Wildman–Crippen LogP) is 5.06. The number of halogens is 4. The Morgan fingerprint density at radius 2 is 2.11 bits per heavy atom. The van der Waals surface area contributed by atoms with Crippen molar-refractivity contribution in [2.75, 3.05) is 0 Å². The van der Waals surface area contributed by atoms with E-state index in [1.807, 2.05) is 0 Å². The lowest BCUT2D eigenvalue weighted by Crippen LogP contribution is -2.54.